The molecule has 0 aromatic carbocycles. The molecule has 0 amide bonds. The summed E-state index contributed by atoms with van der Waals surface area (Å²) >= 11 is 0. The second kappa shape index (κ2) is 6.67. The summed E-state index contributed by atoms with van der Waals surface area (Å²) in [5.74, 6) is 1.24. The normalized spacial score (nSPS) is 14.8. The van der Waals surface area contributed by atoms with Gasteiger partial charge in [0.1, 0.15) is 0 Å². The molecular weight excluding hydrogens is 194 g/mol. The summed E-state index contributed by atoms with van der Waals surface area (Å²) in [6.45, 7) is 9.12. The van der Waals surface area contributed by atoms with Gasteiger partial charge in [-0.3, -0.25) is 4.98 Å². The predicted octanol–water partition coefficient (Wildman–Crippen LogP) is 4.89. The molecule has 0 fully saturated rings. The standard InChI is InChI=1S/C15H25N/c1-5-8-12(3)14-10-7-11-16-15(14)13(4)9-6-2/h7,10-13H,5-6,8-9H2,1-4H3. The van der Waals surface area contributed by atoms with Gasteiger partial charge in [0.2, 0.25) is 0 Å². The van der Waals surface area contributed by atoms with Crippen LogP contribution >= 0.6 is 0 Å². The van der Waals surface area contributed by atoms with Crippen LogP contribution in [-0.4, -0.2) is 4.98 Å². The van der Waals surface area contributed by atoms with Crippen LogP contribution in [0.4, 0.5) is 0 Å². The highest BCUT2D eigenvalue weighted by atomic mass is 14.7. The van der Waals surface area contributed by atoms with E-state index in [-0.39, 0.29) is 0 Å². The van der Waals surface area contributed by atoms with Crippen molar-refractivity contribution in [3.63, 3.8) is 0 Å². The van der Waals surface area contributed by atoms with Crippen molar-refractivity contribution in [2.45, 2.75) is 65.2 Å². The van der Waals surface area contributed by atoms with E-state index >= 15 is 0 Å². The summed E-state index contributed by atoms with van der Waals surface area (Å²) in [5.41, 5.74) is 2.79. The molecule has 0 aliphatic carbocycles. The molecule has 1 nitrogen and oxygen atoms in total. The van der Waals surface area contributed by atoms with E-state index < -0.39 is 0 Å². The minimum Gasteiger partial charge on any atom is -0.261 e. The Morgan fingerprint density at radius 3 is 2.31 bits per heavy atom. The van der Waals surface area contributed by atoms with Crippen LogP contribution in [0, 0.1) is 0 Å². The van der Waals surface area contributed by atoms with Gasteiger partial charge in [0.15, 0.2) is 0 Å². The first-order valence-electron chi connectivity index (χ1n) is 6.65. The Morgan fingerprint density at radius 1 is 1.06 bits per heavy atom. The zero-order chi connectivity index (χ0) is 12.0. The molecule has 0 radical (unpaired) electrons. The molecule has 2 unspecified atom stereocenters. The van der Waals surface area contributed by atoms with Crippen LogP contribution in [-0.2, 0) is 0 Å². The monoisotopic (exact) mass is 219 g/mol. The summed E-state index contributed by atoms with van der Waals surface area (Å²) in [7, 11) is 0. The minimum absolute atomic E-state index is 0.598. The number of aromatic nitrogens is 1. The lowest BCUT2D eigenvalue weighted by Crippen LogP contribution is -2.05. The fourth-order valence-corrected chi connectivity index (χ4v) is 2.42. The second-order valence-electron chi connectivity index (χ2n) is 4.86. The van der Waals surface area contributed by atoms with Gasteiger partial charge >= 0.3 is 0 Å². The zero-order valence-electron chi connectivity index (χ0n) is 11.2. The minimum atomic E-state index is 0.598. The van der Waals surface area contributed by atoms with Crippen LogP contribution < -0.4 is 0 Å². The molecule has 0 aliphatic rings. The molecule has 1 heteroatoms. The van der Waals surface area contributed by atoms with E-state index in [0.717, 1.165) is 0 Å². The molecule has 0 bridgehead atoms. The molecule has 16 heavy (non-hydrogen) atoms. The molecule has 0 N–H and O–H groups in total. The fourth-order valence-electron chi connectivity index (χ4n) is 2.42. The van der Waals surface area contributed by atoms with Crippen LogP contribution in [0.15, 0.2) is 18.3 Å². The molecular formula is C15H25N. The van der Waals surface area contributed by atoms with E-state index in [0.29, 0.717) is 11.8 Å². The Bertz CT molecular complexity index is 275. The van der Waals surface area contributed by atoms with Crippen molar-refractivity contribution in [2.75, 3.05) is 0 Å². The summed E-state index contributed by atoms with van der Waals surface area (Å²) in [6, 6.07) is 4.33. The Morgan fingerprint density at radius 2 is 1.69 bits per heavy atom. The average Bonchev–Trinajstić information content (AvgIpc) is 2.30. The van der Waals surface area contributed by atoms with E-state index in [4.69, 9.17) is 0 Å². The SMILES string of the molecule is CCCC(C)c1cccnc1C(C)CCC. The van der Waals surface area contributed by atoms with Crippen molar-refractivity contribution in [2.24, 2.45) is 0 Å². The van der Waals surface area contributed by atoms with Crippen LogP contribution in [0.25, 0.3) is 0 Å². The molecule has 90 valence electrons. The number of nitrogens with zero attached hydrogens (tertiary/aromatic N) is 1. The summed E-state index contributed by atoms with van der Waals surface area (Å²) in [5, 5.41) is 0. The molecule has 0 saturated heterocycles. The van der Waals surface area contributed by atoms with Crippen molar-refractivity contribution in [1.29, 1.82) is 0 Å². The van der Waals surface area contributed by atoms with Crippen LogP contribution in [0.5, 0.6) is 0 Å². The topological polar surface area (TPSA) is 12.9 Å². The van der Waals surface area contributed by atoms with Gasteiger partial charge in [0.25, 0.3) is 0 Å². The van der Waals surface area contributed by atoms with E-state index in [9.17, 15) is 0 Å². The maximum absolute atomic E-state index is 4.60. The highest BCUT2D eigenvalue weighted by Gasteiger charge is 2.15. The van der Waals surface area contributed by atoms with Gasteiger partial charge in [-0.25, -0.2) is 0 Å². The van der Waals surface area contributed by atoms with Gasteiger partial charge in [-0.05, 0) is 36.3 Å². The van der Waals surface area contributed by atoms with E-state index in [1.165, 1.54) is 36.9 Å². The Labute approximate surface area is 100 Å². The Hall–Kier alpha value is -0.850. The Kier molecular flexibility index (Phi) is 5.51. The Balaban J connectivity index is 2.90. The molecule has 2 atom stereocenters. The molecule has 0 saturated carbocycles. The van der Waals surface area contributed by atoms with Crippen molar-refractivity contribution in [3.8, 4) is 0 Å². The van der Waals surface area contributed by atoms with Crippen LogP contribution in [0.1, 0.15) is 76.5 Å². The van der Waals surface area contributed by atoms with Crippen molar-refractivity contribution in [1.82, 2.24) is 4.98 Å². The van der Waals surface area contributed by atoms with Crippen LogP contribution in [0.2, 0.25) is 0 Å². The van der Waals surface area contributed by atoms with Crippen LogP contribution in [0.3, 0.4) is 0 Å². The molecule has 0 aliphatic heterocycles. The molecule has 1 rings (SSSR count). The molecule has 1 heterocycles. The smallest absolute Gasteiger partial charge is 0.0466 e. The van der Waals surface area contributed by atoms with Gasteiger partial charge < -0.3 is 0 Å². The highest BCUT2D eigenvalue weighted by Crippen LogP contribution is 2.29. The molecule has 1 aromatic heterocycles. The third-order valence-electron chi connectivity index (χ3n) is 3.31. The maximum Gasteiger partial charge on any atom is 0.0466 e. The van der Waals surface area contributed by atoms with E-state index in [2.05, 4.69) is 44.8 Å². The highest BCUT2D eigenvalue weighted by molar-refractivity contribution is 5.26. The number of rotatable bonds is 6. The zero-order valence-corrected chi connectivity index (χ0v) is 11.2. The summed E-state index contributed by atoms with van der Waals surface area (Å²) in [4.78, 5) is 4.60. The number of hydrogen-bond donors (Lipinski definition) is 0. The number of pyridine rings is 1. The first-order valence-corrected chi connectivity index (χ1v) is 6.65. The lowest BCUT2D eigenvalue weighted by molar-refractivity contribution is 0.606. The number of hydrogen-bond acceptors (Lipinski definition) is 1. The van der Waals surface area contributed by atoms with Gasteiger partial charge in [0, 0.05) is 11.9 Å². The maximum atomic E-state index is 4.60. The third-order valence-corrected chi connectivity index (χ3v) is 3.31. The average molecular weight is 219 g/mol. The summed E-state index contributed by atoms with van der Waals surface area (Å²) < 4.78 is 0. The third kappa shape index (κ3) is 3.33. The first-order chi connectivity index (χ1) is 7.70. The van der Waals surface area contributed by atoms with Crippen molar-refractivity contribution in [3.05, 3.63) is 29.6 Å². The first kappa shape index (κ1) is 13.2. The van der Waals surface area contributed by atoms with E-state index in [1.54, 1.807) is 0 Å². The quantitative estimate of drug-likeness (QED) is 0.664. The second-order valence-corrected chi connectivity index (χ2v) is 4.86. The van der Waals surface area contributed by atoms with Crippen molar-refractivity contribution < 1.29 is 0 Å². The lowest BCUT2D eigenvalue weighted by atomic mass is 9.89. The van der Waals surface area contributed by atoms with Gasteiger partial charge in [-0.2, -0.15) is 0 Å². The lowest BCUT2D eigenvalue weighted by Gasteiger charge is -2.18. The van der Waals surface area contributed by atoms with E-state index in [1.807, 2.05) is 6.20 Å². The largest absolute Gasteiger partial charge is 0.261 e. The predicted molar refractivity (Wildman–Crippen MR) is 70.9 cm³/mol. The van der Waals surface area contributed by atoms with Gasteiger partial charge in [-0.15, -0.1) is 0 Å². The fraction of sp³-hybridized carbons (Fsp3) is 0.667. The van der Waals surface area contributed by atoms with Gasteiger partial charge in [-0.1, -0.05) is 46.6 Å². The van der Waals surface area contributed by atoms with Gasteiger partial charge in [0.05, 0.1) is 0 Å². The van der Waals surface area contributed by atoms with Crippen molar-refractivity contribution >= 4 is 0 Å². The molecule has 1 aromatic rings. The molecule has 0 spiro atoms. The summed E-state index contributed by atoms with van der Waals surface area (Å²) in [6.07, 6.45) is 6.92.